The number of pyridine rings is 1. The molecule has 1 fully saturated rings. The molecule has 0 aliphatic carbocycles. The molecule has 1 atom stereocenters. The van der Waals surface area contributed by atoms with Crippen LogP contribution in [0.5, 0.6) is 5.88 Å². The third-order valence-electron chi connectivity index (χ3n) is 4.42. The van der Waals surface area contributed by atoms with Crippen LogP contribution in [0.2, 0.25) is 0 Å². The van der Waals surface area contributed by atoms with Crippen LogP contribution < -0.4 is 20.3 Å². The van der Waals surface area contributed by atoms with Crippen LogP contribution in [0.1, 0.15) is 32.4 Å². The molecule has 2 N–H and O–H groups in total. The molecule has 0 bridgehead atoms. The summed E-state index contributed by atoms with van der Waals surface area (Å²) in [4.78, 5) is 19.0. The van der Waals surface area contributed by atoms with E-state index in [-0.39, 0.29) is 18.2 Å². The molecule has 2 aromatic heterocycles. The van der Waals surface area contributed by atoms with E-state index in [2.05, 4.69) is 31.7 Å². The zero-order valence-electron chi connectivity index (χ0n) is 16.4. The van der Waals surface area contributed by atoms with Crippen molar-refractivity contribution in [3.8, 4) is 5.88 Å². The number of aryl methyl sites for hydroxylation is 2. The minimum Gasteiger partial charge on any atom is -0.473 e. The van der Waals surface area contributed by atoms with Gasteiger partial charge in [-0.05, 0) is 45.7 Å². The smallest absolute Gasteiger partial charge is 0.319 e. The summed E-state index contributed by atoms with van der Waals surface area (Å²) in [5.74, 6) is 1.51. The van der Waals surface area contributed by atoms with Crippen molar-refractivity contribution < 1.29 is 9.53 Å². The average molecular weight is 372 g/mol. The summed E-state index contributed by atoms with van der Waals surface area (Å²) < 4.78 is 7.55. The number of carbonyl (C=O) groups is 1. The molecule has 3 rings (SSSR count). The maximum atomic E-state index is 12.5. The Morgan fingerprint density at radius 1 is 1.41 bits per heavy atom. The molecule has 1 aliphatic rings. The van der Waals surface area contributed by atoms with Crippen LogP contribution in [0.3, 0.4) is 0 Å². The Kier molecular flexibility index (Phi) is 5.83. The van der Waals surface area contributed by atoms with Crippen molar-refractivity contribution in [2.45, 2.75) is 45.8 Å². The van der Waals surface area contributed by atoms with E-state index in [4.69, 9.17) is 4.74 Å². The van der Waals surface area contributed by atoms with Gasteiger partial charge in [0, 0.05) is 38.4 Å². The third kappa shape index (κ3) is 4.90. The summed E-state index contributed by atoms with van der Waals surface area (Å²) in [7, 11) is 1.95. The van der Waals surface area contributed by atoms with Crippen molar-refractivity contribution in [1.29, 1.82) is 0 Å². The molecular formula is C19H28N6O2. The second-order valence-corrected chi connectivity index (χ2v) is 7.17. The number of ether oxygens (including phenoxy) is 1. The molecular weight excluding hydrogens is 344 g/mol. The Bertz CT molecular complexity index is 788. The van der Waals surface area contributed by atoms with Gasteiger partial charge in [0.25, 0.3) is 0 Å². The number of urea groups is 1. The number of aromatic nitrogens is 3. The Morgan fingerprint density at radius 3 is 2.93 bits per heavy atom. The lowest BCUT2D eigenvalue weighted by Gasteiger charge is -2.34. The fourth-order valence-corrected chi connectivity index (χ4v) is 3.34. The van der Waals surface area contributed by atoms with Gasteiger partial charge in [-0.15, -0.1) is 0 Å². The molecule has 0 spiro atoms. The predicted molar refractivity (Wildman–Crippen MR) is 105 cm³/mol. The minimum atomic E-state index is -0.246. The van der Waals surface area contributed by atoms with Gasteiger partial charge in [-0.25, -0.2) is 9.78 Å². The maximum Gasteiger partial charge on any atom is 0.319 e. The number of hydrogen-bond acceptors (Lipinski definition) is 5. The molecule has 2 aromatic rings. The van der Waals surface area contributed by atoms with Gasteiger partial charge in [-0.2, -0.15) is 5.10 Å². The summed E-state index contributed by atoms with van der Waals surface area (Å²) in [5, 5.41) is 10.3. The standard InChI is InChI=1S/C19H28N6O2/c1-13(2)27-18-16(8-5-9-20-18)22-19(26)21-15-7-6-10-25(12-15)17-11-14(3)23-24(17)4/h5,8-9,11,13,15H,6-7,10,12H2,1-4H3,(H2,21,22,26). The van der Waals surface area contributed by atoms with Crippen molar-refractivity contribution in [2.24, 2.45) is 7.05 Å². The summed E-state index contributed by atoms with van der Waals surface area (Å²) in [6, 6.07) is 5.46. The predicted octanol–water partition coefficient (Wildman–Crippen LogP) is 2.70. The molecule has 2 amide bonds. The molecule has 0 aromatic carbocycles. The van der Waals surface area contributed by atoms with Crippen molar-refractivity contribution >= 4 is 17.5 Å². The third-order valence-corrected chi connectivity index (χ3v) is 4.42. The van der Waals surface area contributed by atoms with Crippen molar-refractivity contribution in [3.05, 3.63) is 30.1 Å². The van der Waals surface area contributed by atoms with Gasteiger partial charge in [0.1, 0.15) is 11.5 Å². The maximum absolute atomic E-state index is 12.5. The summed E-state index contributed by atoms with van der Waals surface area (Å²) in [6.45, 7) is 7.56. The largest absolute Gasteiger partial charge is 0.473 e. The molecule has 1 aliphatic heterocycles. The second-order valence-electron chi connectivity index (χ2n) is 7.17. The summed E-state index contributed by atoms with van der Waals surface area (Å²) in [6.07, 6.45) is 3.60. The van der Waals surface area contributed by atoms with E-state index in [1.807, 2.05) is 32.5 Å². The molecule has 0 radical (unpaired) electrons. The average Bonchev–Trinajstić information content (AvgIpc) is 2.95. The van der Waals surface area contributed by atoms with E-state index in [9.17, 15) is 4.79 Å². The van der Waals surface area contributed by atoms with E-state index in [0.717, 1.165) is 37.4 Å². The number of carbonyl (C=O) groups excluding carboxylic acids is 1. The Morgan fingerprint density at radius 2 is 2.22 bits per heavy atom. The van der Waals surface area contributed by atoms with Gasteiger partial charge in [0.05, 0.1) is 11.8 Å². The first-order valence-electron chi connectivity index (χ1n) is 9.37. The molecule has 8 heteroatoms. The van der Waals surface area contributed by atoms with Gasteiger partial charge < -0.3 is 20.3 Å². The Balaban J connectivity index is 1.60. The van der Waals surface area contributed by atoms with E-state index in [1.165, 1.54) is 0 Å². The lowest BCUT2D eigenvalue weighted by Crippen LogP contribution is -2.49. The highest BCUT2D eigenvalue weighted by Crippen LogP contribution is 2.23. The van der Waals surface area contributed by atoms with Crippen molar-refractivity contribution in [3.63, 3.8) is 0 Å². The normalized spacial score (nSPS) is 17.1. The number of piperidine rings is 1. The molecule has 8 nitrogen and oxygen atoms in total. The number of amides is 2. The molecule has 146 valence electrons. The lowest BCUT2D eigenvalue weighted by molar-refractivity contribution is 0.232. The van der Waals surface area contributed by atoms with Crippen LogP contribution >= 0.6 is 0 Å². The first-order chi connectivity index (χ1) is 12.9. The van der Waals surface area contributed by atoms with Gasteiger partial charge >= 0.3 is 6.03 Å². The highest BCUT2D eigenvalue weighted by Gasteiger charge is 2.24. The SMILES string of the molecule is Cc1cc(N2CCCC(NC(=O)Nc3cccnc3OC(C)C)C2)n(C)n1. The number of rotatable bonds is 5. The first kappa shape index (κ1) is 19.0. The topological polar surface area (TPSA) is 84.3 Å². The number of nitrogens with one attached hydrogen (secondary N) is 2. The van der Waals surface area contributed by atoms with E-state index in [0.29, 0.717) is 11.6 Å². The lowest BCUT2D eigenvalue weighted by atomic mass is 10.1. The highest BCUT2D eigenvalue weighted by molar-refractivity contribution is 5.90. The van der Waals surface area contributed by atoms with Crippen molar-refractivity contribution in [1.82, 2.24) is 20.1 Å². The summed E-state index contributed by atoms with van der Waals surface area (Å²) >= 11 is 0. The van der Waals surface area contributed by atoms with Gasteiger partial charge in [-0.1, -0.05) is 0 Å². The number of nitrogens with zero attached hydrogens (tertiary/aromatic N) is 4. The number of hydrogen-bond donors (Lipinski definition) is 2. The van der Waals surface area contributed by atoms with E-state index < -0.39 is 0 Å². The quantitative estimate of drug-likeness (QED) is 0.843. The zero-order valence-corrected chi connectivity index (χ0v) is 16.4. The Labute approximate surface area is 159 Å². The second kappa shape index (κ2) is 8.28. The first-order valence-corrected chi connectivity index (χ1v) is 9.37. The van der Waals surface area contributed by atoms with Gasteiger partial charge in [0.2, 0.25) is 5.88 Å². The molecule has 1 unspecified atom stereocenters. The van der Waals surface area contributed by atoms with Crippen LogP contribution in [0.25, 0.3) is 0 Å². The monoisotopic (exact) mass is 372 g/mol. The van der Waals surface area contributed by atoms with Crippen LogP contribution in [0.15, 0.2) is 24.4 Å². The molecule has 0 saturated carbocycles. The molecule has 3 heterocycles. The van der Waals surface area contributed by atoms with Gasteiger partial charge in [-0.3, -0.25) is 4.68 Å². The van der Waals surface area contributed by atoms with Crippen LogP contribution in [0.4, 0.5) is 16.3 Å². The van der Waals surface area contributed by atoms with Crippen LogP contribution in [0, 0.1) is 6.92 Å². The van der Waals surface area contributed by atoms with Crippen LogP contribution in [-0.2, 0) is 7.05 Å². The van der Waals surface area contributed by atoms with Gasteiger partial charge in [0.15, 0.2) is 0 Å². The fraction of sp³-hybridized carbons (Fsp3) is 0.526. The Hall–Kier alpha value is -2.77. The van der Waals surface area contributed by atoms with E-state index >= 15 is 0 Å². The zero-order chi connectivity index (χ0) is 19.4. The highest BCUT2D eigenvalue weighted by atomic mass is 16.5. The fourth-order valence-electron chi connectivity index (χ4n) is 3.34. The van der Waals surface area contributed by atoms with E-state index in [1.54, 1.807) is 18.3 Å². The van der Waals surface area contributed by atoms with Crippen LogP contribution in [-0.4, -0.2) is 46.0 Å². The summed E-state index contributed by atoms with van der Waals surface area (Å²) in [5.41, 5.74) is 1.56. The molecule has 1 saturated heterocycles. The number of anilines is 2. The van der Waals surface area contributed by atoms with Crippen molar-refractivity contribution in [2.75, 3.05) is 23.3 Å². The molecule has 27 heavy (non-hydrogen) atoms. The minimum absolute atomic E-state index is 0.0160.